The van der Waals surface area contributed by atoms with Gasteiger partial charge in [0, 0.05) is 25.1 Å². The highest BCUT2D eigenvalue weighted by Crippen LogP contribution is 2.33. The van der Waals surface area contributed by atoms with Crippen molar-refractivity contribution in [2.75, 3.05) is 12.8 Å². The number of aromatic nitrogens is 2. The number of nitrogens with one attached hydrogen (secondary N) is 1. The average molecular weight is 249 g/mol. The Hall–Kier alpha value is -0.820. The van der Waals surface area contributed by atoms with Crippen LogP contribution in [0.5, 0.6) is 0 Å². The van der Waals surface area contributed by atoms with Crippen LogP contribution in [-0.2, 0) is 19.1 Å². The fraction of sp³-hybridized carbons (Fsp3) is 0.556. The van der Waals surface area contributed by atoms with Gasteiger partial charge >= 0.3 is 6.18 Å². The Bertz CT molecular complexity index is 406. The lowest BCUT2D eigenvalue weighted by Crippen LogP contribution is -2.29. The molecule has 1 aromatic heterocycles. The third-order valence-corrected chi connectivity index (χ3v) is 2.91. The Kier molecular flexibility index (Phi) is 3.07. The zero-order valence-electron chi connectivity index (χ0n) is 8.56. The minimum absolute atomic E-state index is 0.188. The minimum atomic E-state index is -4.41. The van der Waals surface area contributed by atoms with Gasteiger partial charge in [-0.15, -0.1) is 0 Å². The van der Waals surface area contributed by atoms with E-state index in [0.29, 0.717) is 18.7 Å². The molecule has 1 N–H and O–H groups in total. The topological polar surface area (TPSA) is 37.8 Å². The number of alkyl halides is 3. The van der Waals surface area contributed by atoms with Gasteiger partial charge in [0.25, 0.3) is 0 Å². The number of hydrogen-bond acceptors (Lipinski definition) is 4. The lowest BCUT2D eigenvalue weighted by atomic mass is 10.1. The van der Waals surface area contributed by atoms with E-state index in [1.54, 1.807) is 6.26 Å². The predicted octanol–water partition coefficient (Wildman–Crippen LogP) is 1.86. The number of fused-ring (bicyclic) bond motifs is 1. The molecule has 1 aliphatic rings. The van der Waals surface area contributed by atoms with Gasteiger partial charge < -0.3 is 5.32 Å². The molecule has 0 amide bonds. The summed E-state index contributed by atoms with van der Waals surface area (Å²) in [7, 11) is 0. The van der Waals surface area contributed by atoms with E-state index in [0.717, 1.165) is 11.8 Å². The molecule has 0 unspecified atom stereocenters. The number of rotatable bonds is 1. The largest absolute Gasteiger partial charge is 0.433 e. The Labute approximate surface area is 94.9 Å². The summed E-state index contributed by atoms with van der Waals surface area (Å²) in [6, 6.07) is 0. The highest BCUT2D eigenvalue weighted by molar-refractivity contribution is 7.98. The Morgan fingerprint density at radius 3 is 2.69 bits per heavy atom. The van der Waals surface area contributed by atoms with Crippen LogP contribution in [-0.4, -0.2) is 22.8 Å². The zero-order chi connectivity index (χ0) is 11.8. The normalized spacial score (nSPS) is 16.0. The maximum atomic E-state index is 12.8. The molecular weight excluding hydrogens is 239 g/mol. The van der Waals surface area contributed by atoms with E-state index in [9.17, 15) is 13.2 Å². The second-order valence-electron chi connectivity index (χ2n) is 3.41. The molecule has 1 aromatic rings. The molecule has 7 heteroatoms. The first-order valence-electron chi connectivity index (χ1n) is 4.74. The van der Waals surface area contributed by atoms with Crippen molar-refractivity contribution in [3.05, 3.63) is 17.0 Å². The van der Waals surface area contributed by atoms with Gasteiger partial charge in [-0.05, 0) is 6.26 Å². The van der Waals surface area contributed by atoms with E-state index >= 15 is 0 Å². The van der Waals surface area contributed by atoms with Gasteiger partial charge in [-0.1, -0.05) is 11.8 Å². The molecule has 16 heavy (non-hydrogen) atoms. The van der Waals surface area contributed by atoms with Gasteiger partial charge in [0.15, 0.2) is 10.9 Å². The Morgan fingerprint density at radius 1 is 1.31 bits per heavy atom. The Balaban J connectivity index is 2.56. The van der Waals surface area contributed by atoms with Crippen LogP contribution >= 0.6 is 11.8 Å². The quantitative estimate of drug-likeness (QED) is 0.609. The maximum Gasteiger partial charge on any atom is 0.433 e. The first-order chi connectivity index (χ1) is 7.52. The monoisotopic (exact) mass is 249 g/mol. The summed E-state index contributed by atoms with van der Waals surface area (Å²) < 4.78 is 38.3. The van der Waals surface area contributed by atoms with Crippen LogP contribution in [0.3, 0.4) is 0 Å². The molecule has 0 radical (unpaired) electrons. The van der Waals surface area contributed by atoms with Gasteiger partial charge in [0.05, 0.1) is 5.69 Å². The molecule has 1 aliphatic heterocycles. The van der Waals surface area contributed by atoms with E-state index in [1.807, 2.05) is 0 Å². The summed E-state index contributed by atoms with van der Waals surface area (Å²) in [4.78, 5) is 7.68. The number of halogens is 3. The van der Waals surface area contributed by atoms with Gasteiger partial charge in [0.1, 0.15) is 0 Å². The molecule has 2 rings (SSSR count). The van der Waals surface area contributed by atoms with E-state index in [-0.39, 0.29) is 17.3 Å². The van der Waals surface area contributed by atoms with E-state index < -0.39 is 11.9 Å². The van der Waals surface area contributed by atoms with Crippen LogP contribution in [0.1, 0.15) is 17.0 Å². The van der Waals surface area contributed by atoms with E-state index in [1.165, 1.54) is 0 Å². The summed E-state index contributed by atoms with van der Waals surface area (Å²) >= 11 is 1.13. The molecule has 2 heterocycles. The summed E-state index contributed by atoms with van der Waals surface area (Å²) in [5.74, 6) is 0. The lowest BCUT2D eigenvalue weighted by Gasteiger charge is -2.20. The molecule has 0 aromatic carbocycles. The SMILES string of the molecule is CSc1nc2c(c(C(F)(F)F)n1)CNCC2. The van der Waals surface area contributed by atoms with E-state index in [2.05, 4.69) is 15.3 Å². The third kappa shape index (κ3) is 2.15. The minimum Gasteiger partial charge on any atom is -0.312 e. The van der Waals surface area contributed by atoms with E-state index in [4.69, 9.17) is 0 Å². The van der Waals surface area contributed by atoms with Gasteiger partial charge in [-0.3, -0.25) is 0 Å². The molecule has 0 saturated heterocycles. The molecule has 3 nitrogen and oxygen atoms in total. The number of nitrogens with zero attached hydrogens (tertiary/aromatic N) is 2. The Morgan fingerprint density at radius 2 is 2.06 bits per heavy atom. The highest BCUT2D eigenvalue weighted by Gasteiger charge is 2.37. The standard InChI is InChI=1S/C9H10F3N3S/c1-16-8-14-6-2-3-13-4-5(6)7(15-8)9(10,11)12/h13H,2-4H2,1H3. The maximum absolute atomic E-state index is 12.8. The molecule has 88 valence electrons. The second kappa shape index (κ2) is 4.21. The van der Waals surface area contributed by atoms with Crippen LogP contribution in [0.4, 0.5) is 13.2 Å². The van der Waals surface area contributed by atoms with Crippen LogP contribution in [0.25, 0.3) is 0 Å². The van der Waals surface area contributed by atoms with Gasteiger partial charge in [-0.2, -0.15) is 13.2 Å². The second-order valence-corrected chi connectivity index (χ2v) is 4.18. The van der Waals surface area contributed by atoms with Gasteiger partial charge in [0.2, 0.25) is 0 Å². The van der Waals surface area contributed by atoms with Crippen LogP contribution in [0, 0.1) is 0 Å². The molecule has 0 atom stereocenters. The summed E-state index contributed by atoms with van der Waals surface area (Å²) in [6.45, 7) is 0.855. The van der Waals surface area contributed by atoms with Crippen molar-refractivity contribution in [3.8, 4) is 0 Å². The van der Waals surface area contributed by atoms with Crippen molar-refractivity contribution in [1.82, 2.24) is 15.3 Å². The highest BCUT2D eigenvalue weighted by atomic mass is 32.2. The first-order valence-corrected chi connectivity index (χ1v) is 5.96. The zero-order valence-corrected chi connectivity index (χ0v) is 9.37. The van der Waals surface area contributed by atoms with Crippen molar-refractivity contribution in [2.24, 2.45) is 0 Å². The van der Waals surface area contributed by atoms with Crippen molar-refractivity contribution >= 4 is 11.8 Å². The van der Waals surface area contributed by atoms with Crippen molar-refractivity contribution in [1.29, 1.82) is 0 Å². The van der Waals surface area contributed by atoms with Gasteiger partial charge in [-0.25, -0.2) is 9.97 Å². The fourth-order valence-electron chi connectivity index (χ4n) is 1.65. The number of thioether (sulfide) groups is 1. The smallest absolute Gasteiger partial charge is 0.312 e. The fourth-order valence-corrected chi connectivity index (χ4v) is 2.03. The molecule has 0 spiro atoms. The van der Waals surface area contributed by atoms with Crippen LogP contribution < -0.4 is 5.32 Å². The molecule has 0 fully saturated rings. The summed E-state index contributed by atoms with van der Waals surface area (Å²) in [6.07, 6.45) is -2.21. The summed E-state index contributed by atoms with van der Waals surface area (Å²) in [5.41, 5.74) is -0.0870. The molecule has 0 bridgehead atoms. The first kappa shape index (κ1) is 11.7. The van der Waals surface area contributed by atoms with Crippen molar-refractivity contribution in [2.45, 2.75) is 24.3 Å². The summed E-state index contributed by atoms with van der Waals surface area (Å²) in [5, 5.41) is 3.09. The van der Waals surface area contributed by atoms with Crippen molar-refractivity contribution in [3.63, 3.8) is 0 Å². The third-order valence-electron chi connectivity index (χ3n) is 2.36. The predicted molar refractivity (Wildman–Crippen MR) is 54.2 cm³/mol. The van der Waals surface area contributed by atoms with Crippen molar-refractivity contribution < 1.29 is 13.2 Å². The molecule has 0 aliphatic carbocycles. The molecule has 0 saturated carbocycles. The molecular formula is C9H10F3N3S. The van der Waals surface area contributed by atoms with Crippen LogP contribution in [0.15, 0.2) is 5.16 Å². The lowest BCUT2D eigenvalue weighted by molar-refractivity contribution is -0.142. The average Bonchev–Trinajstić information content (AvgIpc) is 2.26. The van der Waals surface area contributed by atoms with Crippen LogP contribution in [0.2, 0.25) is 0 Å². The number of hydrogen-bond donors (Lipinski definition) is 1.